The van der Waals surface area contributed by atoms with Crippen molar-refractivity contribution in [1.82, 2.24) is 0 Å². The van der Waals surface area contributed by atoms with Gasteiger partial charge >= 0.3 is 0 Å². The predicted molar refractivity (Wildman–Crippen MR) is 119 cm³/mol. The topological polar surface area (TPSA) is 63.2 Å². The van der Waals surface area contributed by atoms with Gasteiger partial charge in [0.1, 0.15) is 0 Å². The first-order valence-electron chi connectivity index (χ1n) is 9.44. The minimum atomic E-state index is -3.30. The third-order valence-electron chi connectivity index (χ3n) is 4.73. The van der Waals surface area contributed by atoms with E-state index < -0.39 is 14.6 Å². The lowest BCUT2D eigenvalue weighted by atomic mass is 9.99. The van der Waals surface area contributed by atoms with Crippen molar-refractivity contribution in [3.05, 3.63) is 90.0 Å². The number of hydrogen-bond donors (Lipinski definition) is 1. The van der Waals surface area contributed by atoms with Gasteiger partial charge in [-0.2, -0.15) is 0 Å². The summed E-state index contributed by atoms with van der Waals surface area (Å²) in [6, 6.07) is 24.1. The van der Waals surface area contributed by atoms with Crippen LogP contribution >= 0.6 is 0 Å². The number of nitrogens with one attached hydrogen (secondary N) is 1. The first kappa shape index (κ1) is 20.8. The normalized spacial score (nSPS) is 11.8. The molecule has 1 N–H and O–H groups in total. The molecular formula is C24H25NO3S. The maximum atomic E-state index is 12.9. The van der Waals surface area contributed by atoms with Crippen LogP contribution in [0, 0.1) is 0 Å². The van der Waals surface area contributed by atoms with E-state index in [2.05, 4.69) is 5.32 Å². The fraction of sp³-hybridized carbons (Fsp3) is 0.208. The number of carbonyl (C=O) groups excluding carboxylic acids is 1. The molecule has 0 aliphatic rings. The molecular weight excluding hydrogens is 382 g/mol. The molecule has 0 fully saturated rings. The van der Waals surface area contributed by atoms with E-state index in [4.69, 9.17) is 0 Å². The van der Waals surface area contributed by atoms with Crippen LogP contribution in [0.5, 0.6) is 0 Å². The highest BCUT2D eigenvalue weighted by Crippen LogP contribution is 2.25. The van der Waals surface area contributed by atoms with Gasteiger partial charge in [-0.15, -0.1) is 0 Å². The molecule has 0 unspecified atom stereocenters. The number of rotatable bonds is 5. The maximum absolute atomic E-state index is 12.9. The zero-order chi connectivity index (χ0) is 21.1. The molecule has 0 radical (unpaired) electrons. The Morgan fingerprint density at radius 1 is 0.862 bits per heavy atom. The van der Waals surface area contributed by atoms with Gasteiger partial charge in [-0.3, -0.25) is 4.79 Å². The van der Waals surface area contributed by atoms with E-state index in [0.29, 0.717) is 16.8 Å². The van der Waals surface area contributed by atoms with E-state index in [9.17, 15) is 13.2 Å². The van der Waals surface area contributed by atoms with Crippen LogP contribution in [0.3, 0.4) is 0 Å². The highest BCUT2D eigenvalue weighted by Gasteiger charge is 2.29. The van der Waals surface area contributed by atoms with Gasteiger partial charge in [-0.25, -0.2) is 8.42 Å². The fourth-order valence-electron chi connectivity index (χ4n) is 2.92. The maximum Gasteiger partial charge on any atom is 0.256 e. The lowest BCUT2D eigenvalue weighted by molar-refractivity contribution is 0.102. The Bertz CT molecular complexity index is 1110. The van der Waals surface area contributed by atoms with Crippen LogP contribution in [0.2, 0.25) is 0 Å². The summed E-state index contributed by atoms with van der Waals surface area (Å²) in [4.78, 5) is 12.9. The van der Waals surface area contributed by atoms with Crippen molar-refractivity contribution >= 4 is 21.4 Å². The van der Waals surface area contributed by atoms with Gasteiger partial charge in [0.15, 0.2) is 9.84 Å². The summed E-state index contributed by atoms with van der Waals surface area (Å²) in [5.41, 5.74) is 3.58. The molecule has 29 heavy (non-hydrogen) atoms. The molecule has 0 saturated carbocycles. The second-order valence-corrected chi connectivity index (χ2v) is 10.7. The van der Waals surface area contributed by atoms with Gasteiger partial charge in [0.25, 0.3) is 5.91 Å². The molecule has 0 heterocycles. The van der Waals surface area contributed by atoms with Gasteiger partial charge in [-0.1, -0.05) is 60.7 Å². The lowest BCUT2D eigenvalue weighted by Gasteiger charge is -2.19. The molecule has 0 saturated heterocycles. The molecule has 0 aliphatic carbocycles. The van der Waals surface area contributed by atoms with Crippen molar-refractivity contribution < 1.29 is 13.2 Å². The second kappa shape index (κ2) is 8.21. The van der Waals surface area contributed by atoms with Crippen LogP contribution in [0.1, 0.15) is 36.7 Å². The number of anilines is 1. The third kappa shape index (κ3) is 4.93. The van der Waals surface area contributed by atoms with E-state index in [-0.39, 0.29) is 11.7 Å². The summed E-state index contributed by atoms with van der Waals surface area (Å²) in [6.45, 7) is 5.07. The SMILES string of the molecule is CC(C)(C)S(=O)(=O)Cc1cccc(NC(=O)c2ccccc2-c2ccccc2)c1. The number of carbonyl (C=O) groups is 1. The smallest absolute Gasteiger partial charge is 0.256 e. The molecule has 5 heteroatoms. The Kier molecular flexibility index (Phi) is 5.89. The van der Waals surface area contributed by atoms with Gasteiger partial charge in [0, 0.05) is 11.3 Å². The molecule has 3 aromatic rings. The summed E-state index contributed by atoms with van der Waals surface area (Å²) < 4.78 is 24.1. The van der Waals surface area contributed by atoms with E-state index in [0.717, 1.165) is 11.1 Å². The second-order valence-electron chi connectivity index (χ2n) is 7.94. The molecule has 3 aromatic carbocycles. The molecule has 0 aliphatic heterocycles. The molecule has 0 aromatic heterocycles. The van der Waals surface area contributed by atoms with Gasteiger partial charge in [-0.05, 0) is 55.7 Å². The molecule has 0 atom stereocenters. The van der Waals surface area contributed by atoms with Crippen LogP contribution in [0.15, 0.2) is 78.9 Å². The summed E-state index contributed by atoms with van der Waals surface area (Å²) >= 11 is 0. The summed E-state index contributed by atoms with van der Waals surface area (Å²) in [5, 5.41) is 2.90. The molecule has 0 spiro atoms. The van der Waals surface area contributed by atoms with Gasteiger partial charge in [0.2, 0.25) is 0 Å². The molecule has 0 bridgehead atoms. The minimum absolute atomic E-state index is 0.0686. The fourth-order valence-corrected chi connectivity index (χ4v) is 3.98. The third-order valence-corrected chi connectivity index (χ3v) is 7.31. The number of hydrogen-bond acceptors (Lipinski definition) is 3. The van der Waals surface area contributed by atoms with E-state index in [1.54, 1.807) is 51.1 Å². The highest BCUT2D eigenvalue weighted by molar-refractivity contribution is 7.91. The first-order chi connectivity index (χ1) is 13.7. The Balaban J connectivity index is 1.85. The summed E-state index contributed by atoms with van der Waals surface area (Å²) in [6.07, 6.45) is 0. The average molecular weight is 408 g/mol. The van der Waals surface area contributed by atoms with Crippen molar-refractivity contribution in [3.63, 3.8) is 0 Å². The summed E-state index contributed by atoms with van der Waals surface area (Å²) in [5.74, 6) is -0.304. The van der Waals surface area contributed by atoms with Crippen molar-refractivity contribution in [2.24, 2.45) is 0 Å². The van der Waals surface area contributed by atoms with Gasteiger partial charge in [0.05, 0.1) is 10.5 Å². The highest BCUT2D eigenvalue weighted by atomic mass is 32.2. The average Bonchev–Trinajstić information content (AvgIpc) is 2.68. The minimum Gasteiger partial charge on any atom is -0.322 e. The van der Waals surface area contributed by atoms with Crippen molar-refractivity contribution in [1.29, 1.82) is 0 Å². The van der Waals surface area contributed by atoms with Crippen molar-refractivity contribution in [2.45, 2.75) is 31.3 Å². The predicted octanol–water partition coefficient (Wildman–Crippen LogP) is 5.32. The first-order valence-corrected chi connectivity index (χ1v) is 11.1. The van der Waals surface area contributed by atoms with E-state index >= 15 is 0 Å². The monoisotopic (exact) mass is 407 g/mol. The molecule has 3 rings (SSSR count). The number of sulfone groups is 1. The zero-order valence-corrected chi connectivity index (χ0v) is 17.7. The van der Waals surface area contributed by atoms with E-state index in [1.165, 1.54) is 0 Å². The quantitative estimate of drug-likeness (QED) is 0.623. The van der Waals surface area contributed by atoms with Crippen molar-refractivity contribution in [2.75, 3.05) is 5.32 Å². The Morgan fingerprint density at radius 3 is 2.21 bits per heavy atom. The van der Waals surface area contributed by atoms with Crippen LogP contribution in [0.25, 0.3) is 11.1 Å². The zero-order valence-electron chi connectivity index (χ0n) is 16.8. The van der Waals surface area contributed by atoms with Crippen molar-refractivity contribution in [3.8, 4) is 11.1 Å². The summed E-state index contributed by atoms with van der Waals surface area (Å²) in [7, 11) is -3.30. The molecule has 150 valence electrons. The Hall–Kier alpha value is -2.92. The largest absolute Gasteiger partial charge is 0.322 e. The Labute approximate surface area is 172 Å². The van der Waals surface area contributed by atoms with Crippen LogP contribution in [-0.2, 0) is 15.6 Å². The Morgan fingerprint density at radius 2 is 1.52 bits per heavy atom. The van der Waals surface area contributed by atoms with Crippen LogP contribution < -0.4 is 5.32 Å². The number of amides is 1. The van der Waals surface area contributed by atoms with Gasteiger partial charge < -0.3 is 5.32 Å². The van der Waals surface area contributed by atoms with E-state index in [1.807, 2.05) is 48.5 Å². The molecule has 4 nitrogen and oxygen atoms in total. The van der Waals surface area contributed by atoms with Crippen LogP contribution in [0.4, 0.5) is 5.69 Å². The van der Waals surface area contributed by atoms with Crippen LogP contribution in [-0.4, -0.2) is 19.1 Å². The molecule has 1 amide bonds. The standard InChI is InChI=1S/C24H25NO3S/c1-24(2,3)29(27,28)17-18-10-9-13-20(16-18)25-23(26)22-15-8-7-14-21(22)19-11-5-4-6-12-19/h4-16H,17H2,1-3H3,(H,25,26). The lowest BCUT2D eigenvalue weighted by Crippen LogP contribution is -2.29. The number of benzene rings is 3.